The zero-order valence-electron chi connectivity index (χ0n) is 15.8. The van der Waals surface area contributed by atoms with Crippen LogP contribution in [-0.2, 0) is 0 Å². The van der Waals surface area contributed by atoms with Crippen LogP contribution in [0.5, 0.6) is 0 Å². The van der Waals surface area contributed by atoms with Crippen LogP contribution in [-0.4, -0.2) is 28.4 Å². The molecule has 1 aromatic heterocycles. The maximum absolute atomic E-state index is 13.1. The normalized spacial score (nSPS) is 26.7. The second-order valence-electron chi connectivity index (χ2n) is 9.19. The second kappa shape index (κ2) is 5.83. The molecule has 1 aliphatic heterocycles. The van der Waals surface area contributed by atoms with Crippen molar-refractivity contribution >= 4 is 11.6 Å². The Kier molecular flexibility index (Phi) is 3.83. The maximum atomic E-state index is 13.1. The number of nitrogen functional groups attached to an aromatic ring is 1. The van der Waals surface area contributed by atoms with Crippen molar-refractivity contribution in [2.45, 2.75) is 46.1 Å². The third-order valence-electron chi connectivity index (χ3n) is 5.97. The van der Waals surface area contributed by atoms with Gasteiger partial charge in [-0.05, 0) is 53.9 Å². The summed E-state index contributed by atoms with van der Waals surface area (Å²) in [4.78, 5) is 19.4. The number of likely N-dealkylation sites (tertiary alicyclic amines) is 1. The fourth-order valence-electron chi connectivity index (χ4n) is 5.30. The van der Waals surface area contributed by atoms with Crippen LogP contribution in [0.2, 0.25) is 0 Å². The van der Waals surface area contributed by atoms with Crippen molar-refractivity contribution in [2.24, 2.45) is 10.8 Å². The summed E-state index contributed by atoms with van der Waals surface area (Å²) in [5, 5.41) is 0. The van der Waals surface area contributed by atoms with Crippen molar-refractivity contribution in [3.63, 3.8) is 0 Å². The van der Waals surface area contributed by atoms with Crippen LogP contribution < -0.4 is 5.73 Å². The molecule has 1 aliphatic carbocycles. The molecule has 1 amide bonds. The highest BCUT2D eigenvalue weighted by Crippen LogP contribution is 2.52. The monoisotopic (exact) mass is 349 g/mol. The fraction of sp³-hybridized carbons (Fsp3) is 0.455. The Hall–Kier alpha value is -2.36. The average Bonchev–Trinajstić information content (AvgIpc) is 2.84. The predicted molar refractivity (Wildman–Crippen MR) is 105 cm³/mol. The second-order valence-corrected chi connectivity index (χ2v) is 9.19. The summed E-state index contributed by atoms with van der Waals surface area (Å²) in [5.74, 6) is 0.155. The van der Waals surface area contributed by atoms with Gasteiger partial charge in [0.2, 0.25) is 0 Å². The third kappa shape index (κ3) is 2.98. The number of amides is 1. The van der Waals surface area contributed by atoms with E-state index in [2.05, 4.69) is 30.7 Å². The van der Waals surface area contributed by atoms with Crippen LogP contribution in [0.25, 0.3) is 11.1 Å². The van der Waals surface area contributed by atoms with Crippen LogP contribution in [0.4, 0.5) is 5.69 Å². The maximum Gasteiger partial charge on any atom is 0.254 e. The number of carbonyl (C=O) groups is 1. The minimum atomic E-state index is 0.155. The van der Waals surface area contributed by atoms with Crippen LogP contribution in [0.3, 0.4) is 0 Å². The van der Waals surface area contributed by atoms with E-state index in [0.717, 1.165) is 36.1 Å². The molecule has 1 aromatic carbocycles. The summed E-state index contributed by atoms with van der Waals surface area (Å²) in [5.41, 5.74) is 9.94. The summed E-state index contributed by atoms with van der Waals surface area (Å²) < 4.78 is 0. The minimum absolute atomic E-state index is 0.155. The first-order valence-corrected chi connectivity index (χ1v) is 9.37. The van der Waals surface area contributed by atoms with Crippen molar-refractivity contribution in [3.05, 3.63) is 48.3 Å². The summed E-state index contributed by atoms with van der Waals surface area (Å²) in [6.07, 6.45) is 6.87. The molecule has 2 heterocycles. The summed E-state index contributed by atoms with van der Waals surface area (Å²) in [6.45, 7) is 7.87. The van der Waals surface area contributed by atoms with E-state index in [4.69, 9.17) is 5.73 Å². The van der Waals surface area contributed by atoms with Gasteiger partial charge in [0, 0.05) is 41.8 Å². The van der Waals surface area contributed by atoms with E-state index in [-0.39, 0.29) is 11.3 Å². The molecule has 0 spiro atoms. The van der Waals surface area contributed by atoms with Gasteiger partial charge >= 0.3 is 0 Å². The lowest BCUT2D eigenvalue weighted by Gasteiger charge is -2.39. The first-order valence-electron chi connectivity index (χ1n) is 9.37. The molecule has 1 saturated heterocycles. The van der Waals surface area contributed by atoms with Gasteiger partial charge in [0.1, 0.15) is 0 Å². The van der Waals surface area contributed by atoms with Crippen molar-refractivity contribution in [3.8, 4) is 11.1 Å². The fourth-order valence-corrected chi connectivity index (χ4v) is 5.30. The number of hydrogen-bond donors (Lipinski definition) is 1. The van der Waals surface area contributed by atoms with Crippen LogP contribution in [0, 0.1) is 10.8 Å². The van der Waals surface area contributed by atoms with E-state index in [1.165, 1.54) is 6.42 Å². The van der Waals surface area contributed by atoms with E-state index in [1.54, 1.807) is 18.5 Å². The van der Waals surface area contributed by atoms with Gasteiger partial charge in [-0.25, -0.2) is 0 Å². The smallest absolute Gasteiger partial charge is 0.254 e. The van der Waals surface area contributed by atoms with Crippen LogP contribution in [0.1, 0.15) is 50.4 Å². The average molecular weight is 349 g/mol. The Bertz CT molecular complexity index is 843. The molecule has 2 aliphatic rings. The molecule has 1 saturated carbocycles. The molecule has 2 bridgehead atoms. The molecular weight excluding hydrogens is 322 g/mol. The molecule has 2 atom stereocenters. The number of anilines is 1. The van der Waals surface area contributed by atoms with E-state index < -0.39 is 0 Å². The van der Waals surface area contributed by atoms with Gasteiger partial charge in [-0.2, -0.15) is 0 Å². The number of pyridine rings is 1. The van der Waals surface area contributed by atoms with Crippen molar-refractivity contribution in [1.82, 2.24) is 9.88 Å². The largest absolute Gasteiger partial charge is 0.398 e. The number of aromatic nitrogens is 1. The Morgan fingerprint density at radius 1 is 1.15 bits per heavy atom. The molecule has 0 radical (unpaired) electrons. The highest BCUT2D eigenvalue weighted by Gasteiger charge is 2.50. The number of nitrogens with zero attached hydrogens (tertiary/aromatic N) is 2. The van der Waals surface area contributed by atoms with Gasteiger partial charge < -0.3 is 10.6 Å². The van der Waals surface area contributed by atoms with Gasteiger partial charge in [0.15, 0.2) is 0 Å². The topological polar surface area (TPSA) is 59.2 Å². The lowest BCUT2D eigenvalue weighted by molar-refractivity contribution is 0.0708. The van der Waals surface area contributed by atoms with Gasteiger partial charge in [-0.3, -0.25) is 9.78 Å². The number of fused-ring (bicyclic) bond motifs is 2. The lowest BCUT2D eigenvalue weighted by atomic mass is 9.65. The van der Waals surface area contributed by atoms with Gasteiger partial charge in [-0.1, -0.05) is 32.9 Å². The number of nitrogens with two attached hydrogens (primary N) is 1. The Balaban J connectivity index is 1.57. The molecule has 2 unspecified atom stereocenters. The van der Waals surface area contributed by atoms with Gasteiger partial charge in [0.25, 0.3) is 5.91 Å². The molecule has 26 heavy (non-hydrogen) atoms. The Labute approximate surface area is 155 Å². The number of benzene rings is 1. The standard InChI is InChI=1S/C22H27N3O/c1-21(2)10-17-11-22(3,13-21)14-25(17)20(26)16-6-4-15(5-7-16)18-12-24-9-8-19(18)23/h4-9,12,17H,10-11,13-14H2,1-3H3,(H2,23,24). The first kappa shape index (κ1) is 17.1. The van der Waals surface area contributed by atoms with Crippen molar-refractivity contribution in [2.75, 3.05) is 12.3 Å². The zero-order chi connectivity index (χ0) is 18.5. The first-order chi connectivity index (χ1) is 12.3. The zero-order valence-corrected chi connectivity index (χ0v) is 15.8. The predicted octanol–water partition coefficient (Wildman–Crippen LogP) is 4.37. The highest BCUT2D eigenvalue weighted by molar-refractivity contribution is 5.95. The summed E-state index contributed by atoms with van der Waals surface area (Å²) in [6, 6.07) is 9.93. The van der Waals surface area contributed by atoms with E-state index in [1.807, 2.05) is 24.3 Å². The highest BCUT2D eigenvalue weighted by atomic mass is 16.2. The number of hydrogen-bond acceptors (Lipinski definition) is 3. The summed E-state index contributed by atoms with van der Waals surface area (Å²) >= 11 is 0. The van der Waals surface area contributed by atoms with Crippen molar-refractivity contribution in [1.29, 1.82) is 0 Å². The Morgan fingerprint density at radius 3 is 2.58 bits per heavy atom. The lowest BCUT2D eigenvalue weighted by Crippen LogP contribution is -2.37. The summed E-state index contributed by atoms with van der Waals surface area (Å²) in [7, 11) is 0. The van der Waals surface area contributed by atoms with Crippen molar-refractivity contribution < 1.29 is 4.79 Å². The van der Waals surface area contributed by atoms with Gasteiger partial charge in [0.05, 0.1) is 0 Å². The quantitative estimate of drug-likeness (QED) is 0.876. The molecular formula is C22H27N3O. The molecule has 4 nitrogen and oxygen atoms in total. The molecule has 2 fully saturated rings. The molecule has 4 heteroatoms. The van der Waals surface area contributed by atoms with E-state index >= 15 is 0 Å². The van der Waals surface area contributed by atoms with E-state index in [9.17, 15) is 4.79 Å². The SMILES string of the molecule is CC1(C)CC2CC(C)(CN2C(=O)c2ccc(-c3cnccc3N)cc2)C1. The van der Waals surface area contributed by atoms with Crippen LogP contribution >= 0.6 is 0 Å². The van der Waals surface area contributed by atoms with E-state index in [0.29, 0.717) is 17.1 Å². The number of rotatable bonds is 2. The molecule has 2 N–H and O–H groups in total. The molecule has 4 rings (SSSR count). The molecule has 136 valence electrons. The number of carbonyl (C=O) groups excluding carboxylic acids is 1. The Morgan fingerprint density at radius 2 is 1.88 bits per heavy atom. The third-order valence-corrected chi connectivity index (χ3v) is 5.97. The van der Waals surface area contributed by atoms with Crippen LogP contribution in [0.15, 0.2) is 42.7 Å². The molecule has 2 aromatic rings. The van der Waals surface area contributed by atoms with Gasteiger partial charge in [-0.15, -0.1) is 0 Å². The minimum Gasteiger partial charge on any atom is -0.398 e.